The van der Waals surface area contributed by atoms with Gasteiger partial charge in [0.1, 0.15) is 17.3 Å². The van der Waals surface area contributed by atoms with Crippen LogP contribution in [-0.4, -0.2) is 44.1 Å². The van der Waals surface area contributed by atoms with Gasteiger partial charge >= 0.3 is 5.97 Å². The molecule has 8 heteroatoms. The predicted octanol–water partition coefficient (Wildman–Crippen LogP) is 4.43. The minimum Gasteiger partial charge on any atom is -0.507 e. The molecule has 3 aromatic rings. The monoisotopic (exact) mass is 487 g/mol. The Morgan fingerprint density at radius 1 is 0.889 bits per heavy atom. The van der Waals surface area contributed by atoms with E-state index in [0.29, 0.717) is 28.3 Å². The quantitative estimate of drug-likeness (QED) is 0.238. The number of ether oxygens (including phenoxy) is 3. The molecule has 0 aromatic heterocycles. The Kier molecular flexibility index (Phi) is 6.78. The van der Waals surface area contributed by atoms with Crippen LogP contribution in [-0.2, 0) is 14.3 Å². The Balaban J connectivity index is 1.95. The van der Waals surface area contributed by atoms with E-state index in [-0.39, 0.29) is 16.9 Å². The summed E-state index contributed by atoms with van der Waals surface area (Å²) in [5.74, 6) is -1.45. The van der Waals surface area contributed by atoms with Gasteiger partial charge in [0.05, 0.1) is 38.5 Å². The van der Waals surface area contributed by atoms with Crippen molar-refractivity contribution in [2.45, 2.75) is 13.0 Å². The fourth-order valence-electron chi connectivity index (χ4n) is 4.31. The van der Waals surface area contributed by atoms with Gasteiger partial charge in [0, 0.05) is 11.3 Å². The zero-order valence-electron chi connectivity index (χ0n) is 20.3. The highest BCUT2D eigenvalue weighted by Crippen LogP contribution is 2.43. The number of amides is 1. The van der Waals surface area contributed by atoms with E-state index < -0.39 is 23.7 Å². The number of methoxy groups -OCH3 is 3. The third-order valence-corrected chi connectivity index (χ3v) is 6.07. The summed E-state index contributed by atoms with van der Waals surface area (Å²) in [7, 11) is 4.31. The standard InChI is InChI=1S/C28H25NO7/c1-16-13-18(11-12-22(16)35-3)25(30)23-24(17-7-6-10-21(15-17)34-2)29(27(32)26(23)31)20-9-5-8-19(14-20)28(33)36-4/h5-15,24,30H,1-4H3/b25-23+. The van der Waals surface area contributed by atoms with Crippen LogP contribution in [0.1, 0.15) is 33.1 Å². The lowest BCUT2D eigenvalue weighted by Gasteiger charge is -2.26. The number of carbonyl (C=O) groups is 3. The Morgan fingerprint density at radius 3 is 2.31 bits per heavy atom. The van der Waals surface area contributed by atoms with Crippen LogP contribution in [0.25, 0.3) is 5.76 Å². The molecule has 1 N–H and O–H groups in total. The number of aliphatic hydroxyl groups is 1. The lowest BCUT2D eigenvalue weighted by atomic mass is 9.94. The topological polar surface area (TPSA) is 102 Å². The van der Waals surface area contributed by atoms with E-state index in [9.17, 15) is 19.5 Å². The van der Waals surface area contributed by atoms with E-state index in [4.69, 9.17) is 14.2 Å². The number of hydrogen-bond donors (Lipinski definition) is 1. The summed E-state index contributed by atoms with van der Waals surface area (Å²) in [6.07, 6.45) is 0. The molecule has 1 amide bonds. The number of benzene rings is 3. The molecule has 184 valence electrons. The number of ketones is 1. The molecule has 8 nitrogen and oxygen atoms in total. The van der Waals surface area contributed by atoms with Gasteiger partial charge in [-0.3, -0.25) is 14.5 Å². The molecular formula is C28H25NO7. The molecule has 4 rings (SSSR count). The number of carbonyl (C=O) groups excluding carboxylic acids is 3. The molecular weight excluding hydrogens is 462 g/mol. The summed E-state index contributed by atoms with van der Waals surface area (Å²) in [4.78, 5) is 40.1. The Morgan fingerprint density at radius 2 is 1.64 bits per heavy atom. The van der Waals surface area contributed by atoms with Gasteiger partial charge in [-0.15, -0.1) is 0 Å². The van der Waals surface area contributed by atoms with Crippen molar-refractivity contribution in [3.63, 3.8) is 0 Å². The number of anilines is 1. The predicted molar refractivity (Wildman–Crippen MR) is 133 cm³/mol. The summed E-state index contributed by atoms with van der Waals surface area (Å²) in [5, 5.41) is 11.3. The summed E-state index contributed by atoms with van der Waals surface area (Å²) in [6, 6.07) is 17.1. The van der Waals surface area contributed by atoms with E-state index in [1.54, 1.807) is 67.8 Å². The van der Waals surface area contributed by atoms with Crippen LogP contribution >= 0.6 is 0 Å². The van der Waals surface area contributed by atoms with Crippen molar-refractivity contribution in [3.05, 3.63) is 94.6 Å². The number of aliphatic hydroxyl groups excluding tert-OH is 1. The van der Waals surface area contributed by atoms with Gasteiger partial charge in [0.15, 0.2) is 0 Å². The molecule has 0 spiro atoms. The Hall–Kier alpha value is -4.59. The van der Waals surface area contributed by atoms with Gasteiger partial charge in [-0.2, -0.15) is 0 Å². The molecule has 1 unspecified atom stereocenters. The molecule has 3 aromatic carbocycles. The average Bonchev–Trinajstić information content (AvgIpc) is 3.17. The van der Waals surface area contributed by atoms with Crippen molar-refractivity contribution < 1.29 is 33.7 Å². The minimum atomic E-state index is -0.976. The van der Waals surface area contributed by atoms with Crippen LogP contribution in [0.4, 0.5) is 5.69 Å². The normalized spacial score (nSPS) is 16.7. The van der Waals surface area contributed by atoms with E-state index in [1.165, 1.54) is 25.2 Å². The van der Waals surface area contributed by atoms with Crippen molar-refractivity contribution in [1.29, 1.82) is 0 Å². The molecule has 0 saturated carbocycles. The molecule has 1 heterocycles. The van der Waals surface area contributed by atoms with E-state index in [1.807, 2.05) is 6.92 Å². The van der Waals surface area contributed by atoms with E-state index >= 15 is 0 Å². The van der Waals surface area contributed by atoms with Crippen LogP contribution in [0.15, 0.2) is 72.3 Å². The average molecular weight is 488 g/mol. The number of aryl methyl sites for hydroxylation is 1. The maximum absolute atomic E-state index is 13.4. The largest absolute Gasteiger partial charge is 0.507 e. The van der Waals surface area contributed by atoms with Crippen molar-refractivity contribution in [3.8, 4) is 11.5 Å². The SMILES string of the molecule is COC(=O)c1cccc(N2C(=O)C(=O)/C(=C(/O)c3ccc(OC)c(C)c3)C2c2cccc(OC)c2)c1. The summed E-state index contributed by atoms with van der Waals surface area (Å²) in [6.45, 7) is 1.81. The van der Waals surface area contributed by atoms with Crippen molar-refractivity contribution in [2.24, 2.45) is 0 Å². The molecule has 1 saturated heterocycles. The van der Waals surface area contributed by atoms with Gasteiger partial charge in [-0.1, -0.05) is 18.2 Å². The lowest BCUT2D eigenvalue weighted by molar-refractivity contribution is -0.132. The highest BCUT2D eigenvalue weighted by molar-refractivity contribution is 6.51. The molecule has 1 atom stereocenters. The molecule has 36 heavy (non-hydrogen) atoms. The molecule has 0 aliphatic carbocycles. The smallest absolute Gasteiger partial charge is 0.337 e. The Bertz CT molecular complexity index is 1390. The first-order valence-electron chi connectivity index (χ1n) is 11.1. The molecule has 1 aliphatic heterocycles. The van der Waals surface area contributed by atoms with Crippen LogP contribution in [0, 0.1) is 6.92 Å². The van der Waals surface area contributed by atoms with Gasteiger partial charge in [-0.25, -0.2) is 4.79 Å². The second kappa shape index (κ2) is 9.95. The number of Topliss-reactive ketones (excluding diaryl/α,β-unsaturated/α-hetero) is 1. The van der Waals surface area contributed by atoms with Crippen LogP contribution in [0.2, 0.25) is 0 Å². The maximum atomic E-state index is 13.4. The van der Waals surface area contributed by atoms with Gasteiger partial charge in [0.25, 0.3) is 11.7 Å². The van der Waals surface area contributed by atoms with Crippen LogP contribution < -0.4 is 14.4 Å². The number of hydrogen-bond acceptors (Lipinski definition) is 7. The number of esters is 1. The number of rotatable bonds is 6. The third-order valence-electron chi connectivity index (χ3n) is 6.07. The number of nitrogens with zero attached hydrogens (tertiary/aromatic N) is 1. The molecule has 0 radical (unpaired) electrons. The first-order chi connectivity index (χ1) is 17.3. The van der Waals surface area contributed by atoms with Gasteiger partial charge in [-0.05, 0) is 66.6 Å². The summed E-state index contributed by atoms with van der Waals surface area (Å²) < 4.78 is 15.5. The van der Waals surface area contributed by atoms with Gasteiger partial charge in [0.2, 0.25) is 0 Å². The van der Waals surface area contributed by atoms with Crippen molar-refractivity contribution in [2.75, 3.05) is 26.2 Å². The van der Waals surface area contributed by atoms with E-state index in [2.05, 4.69) is 0 Å². The fourth-order valence-corrected chi connectivity index (χ4v) is 4.31. The van der Waals surface area contributed by atoms with Crippen LogP contribution in [0.3, 0.4) is 0 Å². The zero-order valence-corrected chi connectivity index (χ0v) is 20.3. The maximum Gasteiger partial charge on any atom is 0.337 e. The first kappa shape index (κ1) is 24.5. The molecule has 0 bridgehead atoms. The van der Waals surface area contributed by atoms with Crippen molar-refractivity contribution in [1.82, 2.24) is 0 Å². The summed E-state index contributed by atoms with van der Waals surface area (Å²) >= 11 is 0. The summed E-state index contributed by atoms with van der Waals surface area (Å²) in [5.41, 5.74) is 2.09. The highest BCUT2D eigenvalue weighted by Gasteiger charge is 2.47. The van der Waals surface area contributed by atoms with Gasteiger partial charge < -0.3 is 19.3 Å². The Labute approximate surface area is 208 Å². The third kappa shape index (κ3) is 4.29. The fraction of sp³-hybridized carbons (Fsp3) is 0.179. The molecule has 1 fully saturated rings. The second-order valence-electron chi connectivity index (χ2n) is 8.17. The van der Waals surface area contributed by atoms with Crippen molar-refractivity contribution >= 4 is 29.1 Å². The van der Waals surface area contributed by atoms with Crippen LogP contribution in [0.5, 0.6) is 11.5 Å². The molecule has 1 aliphatic rings. The highest BCUT2D eigenvalue weighted by atomic mass is 16.5. The van der Waals surface area contributed by atoms with E-state index in [0.717, 1.165) is 5.56 Å². The first-order valence-corrected chi connectivity index (χ1v) is 11.1. The zero-order chi connectivity index (χ0) is 26.0. The minimum absolute atomic E-state index is 0.0821. The lowest BCUT2D eigenvalue weighted by Crippen LogP contribution is -2.29. The second-order valence-corrected chi connectivity index (χ2v) is 8.17.